The van der Waals surface area contributed by atoms with Crippen LogP contribution in [-0.4, -0.2) is 50.2 Å². The Morgan fingerprint density at radius 3 is 2.67 bits per heavy atom. The standard InChI is InChI=1S/C20H30N4O3/c1-5-18-15(12-22(6-2)7-3)10-19(27-18)20(26)23-8-9-24-16(13-23)11-17(21-24)14(4)25/h10-11,14,25H,5-9,12-13H2,1-4H3. The number of hydrogen-bond donors (Lipinski definition) is 1. The smallest absolute Gasteiger partial charge is 0.289 e. The molecular weight excluding hydrogens is 344 g/mol. The number of aliphatic hydroxyl groups excluding tert-OH is 1. The van der Waals surface area contributed by atoms with Crippen molar-refractivity contribution in [3.05, 3.63) is 40.6 Å². The van der Waals surface area contributed by atoms with Gasteiger partial charge in [0.2, 0.25) is 0 Å². The van der Waals surface area contributed by atoms with Gasteiger partial charge in [-0.25, -0.2) is 0 Å². The Bertz CT molecular complexity index is 789. The molecule has 1 amide bonds. The van der Waals surface area contributed by atoms with Crippen LogP contribution in [0.1, 0.15) is 67.1 Å². The van der Waals surface area contributed by atoms with E-state index in [2.05, 4.69) is 30.8 Å². The monoisotopic (exact) mass is 374 g/mol. The van der Waals surface area contributed by atoms with Crippen molar-refractivity contribution in [2.75, 3.05) is 19.6 Å². The SMILES string of the molecule is CCc1oc(C(=O)N2CCn3nc(C(C)O)cc3C2)cc1CN(CC)CC. The maximum absolute atomic E-state index is 13.0. The quantitative estimate of drug-likeness (QED) is 0.806. The van der Waals surface area contributed by atoms with Crippen molar-refractivity contribution < 1.29 is 14.3 Å². The minimum atomic E-state index is -0.605. The summed E-state index contributed by atoms with van der Waals surface area (Å²) in [5.41, 5.74) is 2.69. The van der Waals surface area contributed by atoms with E-state index in [1.54, 1.807) is 11.8 Å². The predicted octanol–water partition coefficient (Wildman–Crippen LogP) is 2.59. The summed E-state index contributed by atoms with van der Waals surface area (Å²) in [5, 5.41) is 14.1. The van der Waals surface area contributed by atoms with Crippen molar-refractivity contribution in [1.29, 1.82) is 0 Å². The molecule has 1 aliphatic rings. The molecule has 2 aromatic rings. The zero-order valence-electron chi connectivity index (χ0n) is 16.7. The zero-order chi connectivity index (χ0) is 19.6. The Morgan fingerprint density at radius 2 is 2.04 bits per heavy atom. The number of fused-ring (bicyclic) bond motifs is 1. The topological polar surface area (TPSA) is 74.7 Å². The van der Waals surface area contributed by atoms with E-state index in [1.165, 1.54) is 0 Å². The lowest BCUT2D eigenvalue weighted by atomic mass is 10.2. The number of aromatic nitrogens is 2. The average molecular weight is 374 g/mol. The summed E-state index contributed by atoms with van der Waals surface area (Å²) in [5.74, 6) is 1.22. The summed E-state index contributed by atoms with van der Waals surface area (Å²) in [6, 6.07) is 3.78. The van der Waals surface area contributed by atoms with Crippen LogP contribution in [0.3, 0.4) is 0 Å². The molecule has 0 spiro atoms. The van der Waals surface area contributed by atoms with E-state index in [0.717, 1.165) is 43.1 Å². The highest BCUT2D eigenvalue weighted by Gasteiger charge is 2.27. The molecule has 148 valence electrons. The van der Waals surface area contributed by atoms with Gasteiger partial charge in [-0.05, 0) is 32.1 Å². The van der Waals surface area contributed by atoms with Crippen LogP contribution in [0.2, 0.25) is 0 Å². The molecule has 0 aromatic carbocycles. The first kappa shape index (κ1) is 19.6. The molecule has 0 saturated carbocycles. The fraction of sp³-hybridized carbons (Fsp3) is 0.600. The van der Waals surface area contributed by atoms with Gasteiger partial charge in [-0.2, -0.15) is 5.10 Å². The molecule has 1 aliphatic heterocycles. The second-order valence-electron chi connectivity index (χ2n) is 7.06. The Balaban J connectivity index is 1.76. The lowest BCUT2D eigenvalue weighted by Crippen LogP contribution is -2.38. The summed E-state index contributed by atoms with van der Waals surface area (Å²) in [6.45, 7) is 12.5. The van der Waals surface area contributed by atoms with Gasteiger partial charge in [-0.3, -0.25) is 14.4 Å². The van der Waals surface area contributed by atoms with E-state index < -0.39 is 6.10 Å². The van der Waals surface area contributed by atoms with Crippen LogP contribution in [0, 0.1) is 0 Å². The third-order valence-electron chi connectivity index (χ3n) is 5.25. The van der Waals surface area contributed by atoms with E-state index in [-0.39, 0.29) is 5.91 Å². The first-order chi connectivity index (χ1) is 13.0. The molecule has 1 atom stereocenters. The maximum Gasteiger partial charge on any atom is 0.289 e. The molecule has 0 bridgehead atoms. The van der Waals surface area contributed by atoms with Crippen LogP contribution >= 0.6 is 0 Å². The number of furan rings is 1. The van der Waals surface area contributed by atoms with Crippen molar-refractivity contribution >= 4 is 5.91 Å². The normalized spacial score (nSPS) is 15.3. The number of rotatable bonds is 7. The van der Waals surface area contributed by atoms with Gasteiger partial charge in [0.25, 0.3) is 5.91 Å². The number of hydrogen-bond acceptors (Lipinski definition) is 5. The highest BCUT2D eigenvalue weighted by molar-refractivity contribution is 5.91. The Hall–Kier alpha value is -2.12. The number of carbonyl (C=O) groups is 1. The van der Waals surface area contributed by atoms with Crippen molar-refractivity contribution in [3.8, 4) is 0 Å². The molecule has 27 heavy (non-hydrogen) atoms. The van der Waals surface area contributed by atoms with Crippen LogP contribution < -0.4 is 0 Å². The van der Waals surface area contributed by atoms with E-state index >= 15 is 0 Å². The molecule has 0 fully saturated rings. The number of nitrogens with zero attached hydrogens (tertiary/aromatic N) is 4. The molecule has 2 aromatic heterocycles. The number of aryl methyl sites for hydroxylation is 1. The number of carbonyl (C=O) groups excluding carboxylic acids is 1. The highest BCUT2D eigenvalue weighted by Crippen LogP contribution is 2.23. The largest absolute Gasteiger partial charge is 0.456 e. The molecule has 7 nitrogen and oxygen atoms in total. The van der Waals surface area contributed by atoms with Gasteiger partial charge in [-0.1, -0.05) is 20.8 Å². The minimum Gasteiger partial charge on any atom is -0.456 e. The van der Waals surface area contributed by atoms with E-state index in [9.17, 15) is 9.90 Å². The summed E-state index contributed by atoms with van der Waals surface area (Å²) in [4.78, 5) is 17.1. The summed E-state index contributed by atoms with van der Waals surface area (Å²) < 4.78 is 7.79. The van der Waals surface area contributed by atoms with Gasteiger partial charge in [0.15, 0.2) is 5.76 Å². The van der Waals surface area contributed by atoms with Crippen molar-refractivity contribution in [2.45, 2.75) is 59.9 Å². The molecule has 0 radical (unpaired) electrons. The molecule has 7 heteroatoms. The van der Waals surface area contributed by atoms with E-state index in [1.807, 2.05) is 16.8 Å². The molecule has 1 unspecified atom stereocenters. The van der Waals surface area contributed by atoms with Crippen molar-refractivity contribution in [2.24, 2.45) is 0 Å². The number of aliphatic hydroxyl groups is 1. The van der Waals surface area contributed by atoms with Crippen molar-refractivity contribution in [3.63, 3.8) is 0 Å². The Morgan fingerprint density at radius 1 is 1.30 bits per heavy atom. The van der Waals surface area contributed by atoms with Crippen LogP contribution in [-0.2, 0) is 26.1 Å². The lowest BCUT2D eigenvalue weighted by molar-refractivity contribution is 0.0671. The fourth-order valence-electron chi connectivity index (χ4n) is 3.51. The summed E-state index contributed by atoms with van der Waals surface area (Å²) >= 11 is 0. The molecule has 3 rings (SSSR count). The first-order valence-electron chi connectivity index (χ1n) is 9.84. The highest BCUT2D eigenvalue weighted by atomic mass is 16.4. The predicted molar refractivity (Wildman–Crippen MR) is 102 cm³/mol. The lowest BCUT2D eigenvalue weighted by Gasteiger charge is -2.26. The molecular formula is C20H30N4O3. The van der Waals surface area contributed by atoms with Crippen molar-refractivity contribution in [1.82, 2.24) is 19.6 Å². The molecule has 0 aliphatic carbocycles. The van der Waals surface area contributed by atoms with Crippen LogP contribution in [0.15, 0.2) is 16.5 Å². The van der Waals surface area contributed by atoms with Gasteiger partial charge in [-0.15, -0.1) is 0 Å². The minimum absolute atomic E-state index is 0.0819. The maximum atomic E-state index is 13.0. The second kappa shape index (κ2) is 8.27. The van der Waals surface area contributed by atoms with E-state index in [0.29, 0.717) is 31.1 Å². The summed E-state index contributed by atoms with van der Waals surface area (Å²) in [6.07, 6.45) is 0.168. The Labute approximate surface area is 160 Å². The van der Waals surface area contributed by atoms with Gasteiger partial charge in [0.05, 0.1) is 30.6 Å². The third kappa shape index (κ3) is 4.09. The first-order valence-corrected chi connectivity index (χ1v) is 9.84. The van der Waals surface area contributed by atoms with E-state index in [4.69, 9.17) is 4.42 Å². The van der Waals surface area contributed by atoms with Gasteiger partial charge >= 0.3 is 0 Å². The Kier molecular flexibility index (Phi) is 6.01. The second-order valence-corrected chi connectivity index (χ2v) is 7.06. The van der Waals surface area contributed by atoms with Gasteiger partial charge in [0.1, 0.15) is 5.76 Å². The average Bonchev–Trinajstić information content (AvgIpc) is 3.28. The molecule has 0 saturated heterocycles. The summed E-state index contributed by atoms with van der Waals surface area (Å²) in [7, 11) is 0. The fourth-order valence-corrected chi connectivity index (χ4v) is 3.51. The zero-order valence-corrected chi connectivity index (χ0v) is 16.7. The van der Waals surface area contributed by atoms with Crippen LogP contribution in [0.4, 0.5) is 0 Å². The van der Waals surface area contributed by atoms with Crippen LogP contribution in [0.25, 0.3) is 0 Å². The third-order valence-corrected chi connectivity index (χ3v) is 5.25. The molecule has 1 N–H and O–H groups in total. The van der Waals surface area contributed by atoms with Gasteiger partial charge < -0.3 is 14.4 Å². The number of amides is 1. The van der Waals surface area contributed by atoms with Gasteiger partial charge in [0, 0.05) is 25.1 Å². The molecule has 3 heterocycles. The van der Waals surface area contributed by atoms with Crippen LogP contribution in [0.5, 0.6) is 0 Å².